The van der Waals surface area contributed by atoms with Crippen LogP contribution in [-0.2, 0) is 14.3 Å². The number of hydrogen-bond donors (Lipinski definition) is 2. The van der Waals surface area contributed by atoms with E-state index in [-0.39, 0.29) is 18.2 Å². The molecule has 1 fully saturated rings. The lowest BCUT2D eigenvalue weighted by Gasteiger charge is -2.30. The van der Waals surface area contributed by atoms with E-state index in [4.69, 9.17) is 4.74 Å². The second-order valence-corrected chi connectivity index (χ2v) is 4.90. The van der Waals surface area contributed by atoms with Crippen molar-refractivity contribution in [1.29, 1.82) is 0 Å². The van der Waals surface area contributed by atoms with Crippen LogP contribution in [0.15, 0.2) is 24.3 Å². The SMILES string of the molecule is CC(=O)NCCC(=O)Nc1ccccc1N1CCOCC1. The molecule has 1 aromatic rings. The Morgan fingerprint density at radius 3 is 2.67 bits per heavy atom. The summed E-state index contributed by atoms with van der Waals surface area (Å²) < 4.78 is 5.35. The molecule has 6 nitrogen and oxygen atoms in total. The van der Waals surface area contributed by atoms with Crippen LogP contribution >= 0.6 is 0 Å². The Balaban J connectivity index is 1.96. The van der Waals surface area contributed by atoms with Crippen molar-refractivity contribution in [3.63, 3.8) is 0 Å². The van der Waals surface area contributed by atoms with Gasteiger partial charge in [0.05, 0.1) is 24.6 Å². The second-order valence-electron chi connectivity index (χ2n) is 4.90. The highest BCUT2D eigenvalue weighted by Crippen LogP contribution is 2.26. The lowest BCUT2D eigenvalue weighted by molar-refractivity contribution is -0.119. The molecule has 21 heavy (non-hydrogen) atoms. The van der Waals surface area contributed by atoms with Crippen LogP contribution in [0.5, 0.6) is 0 Å². The van der Waals surface area contributed by atoms with Crippen molar-refractivity contribution in [2.45, 2.75) is 13.3 Å². The summed E-state index contributed by atoms with van der Waals surface area (Å²) in [6, 6.07) is 7.74. The van der Waals surface area contributed by atoms with Crippen molar-refractivity contribution in [2.75, 3.05) is 43.1 Å². The topological polar surface area (TPSA) is 70.7 Å². The zero-order valence-electron chi connectivity index (χ0n) is 12.2. The smallest absolute Gasteiger partial charge is 0.226 e. The van der Waals surface area contributed by atoms with Gasteiger partial charge in [-0.3, -0.25) is 9.59 Å². The van der Waals surface area contributed by atoms with E-state index in [1.807, 2.05) is 24.3 Å². The summed E-state index contributed by atoms with van der Waals surface area (Å²) in [5.74, 6) is -0.235. The molecular formula is C15H21N3O3. The molecule has 1 aliphatic rings. The number of morpholine rings is 1. The van der Waals surface area contributed by atoms with Gasteiger partial charge in [-0.1, -0.05) is 12.1 Å². The van der Waals surface area contributed by atoms with Crippen LogP contribution in [0.3, 0.4) is 0 Å². The number of nitrogens with zero attached hydrogens (tertiary/aromatic N) is 1. The van der Waals surface area contributed by atoms with Gasteiger partial charge in [-0.2, -0.15) is 0 Å². The average molecular weight is 291 g/mol. The molecule has 2 N–H and O–H groups in total. The van der Waals surface area contributed by atoms with Crippen molar-refractivity contribution in [1.82, 2.24) is 5.32 Å². The standard InChI is InChI=1S/C15H21N3O3/c1-12(19)16-7-6-15(20)17-13-4-2-3-5-14(13)18-8-10-21-11-9-18/h2-5H,6-11H2,1H3,(H,16,19)(H,17,20). The van der Waals surface area contributed by atoms with Gasteiger partial charge in [0.25, 0.3) is 0 Å². The lowest BCUT2D eigenvalue weighted by atomic mass is 10.2. The first-order chi connectivity index (χ1) is 10.2. The van der Waals surface area contributed by atoms with Gasteiger partial charge in [-0.05, 0) is 12.1 Å². The second kappa shape index (κ2) is 7.64. The fourth-order valence-corrected chi connectivity index (χ4v) is 2.22. The predicted octanol–water partition coefficient (Wildman–Crippen LogP) is 0.988. The van der Waals surface area contributed by atoms with Crippen molar-refractivity contribution in [2.24, 2.45) is 0 Å². The molecule has 1 aromatic carbocycles. The van der Waals surface area contributed by atoms with E-state index in [0.717, 1.165) is 24.5 Å². The van der Waals surface area contributed by atoms with Gasteiger partial charge in [0.1, 0.15) is 0 Å². The number of carbonyl (C=O) groups is 2. The first-order valence-corrected chi connectivity index (χ1v) is 7.13. The molecule has 0 saturated carbocycles. The van der Waals surface area contributed by atoms with Crippen molar-refractivity contribution < 1.29 is 14.3 Å². The van der Waals surface area contributed by atoms with E-state index in [1.54, 1.807) is 0 Å². The number of nitrogens with one attached hydrogen (secondary N) is 2. The quantitative estimate of drug-likeness (QED) is 0.848. The van der Waals surface area contributed by atoms with E-state index in [2.05, 4.69) is 15.5 Å². The Bertz CT molecular complexity index is 499. The Hall–Kier alpha value is -2.08. The monoisotopic (exact) mass is 291 g/mol. The summed E-state index contributed by atoms with van der Waals surface area (Å²) in [6.07, 6.45) is 0.261. The summed E-state index contributed by atoms with van der Waals surface area (Å²) in [4.78, 5) is 24.9. The molecule has 2 amide bonds. The average Bonchev–Trinajstić information content (AvgIpc) is 2.48. The van der Waals surface area contributed by atoms with E-state index < -0.39 is 0 Å². The van der Waals surface area contributed by atoms with Gasteiger partial charge in [-0.25, -0.2) is 0 Å². The predicted molar refractivity (Wildman–Crippen MR) is 81.4 cm³/mol. The van der Waals surface area contributed by atoms with Crippen LogP contribution in [0, 0.1) is 0 Å². The Morgan fingerprint density at radius 1 is 1.24 bits per heavy atom. The van der Waals surface area contributed by atoms with Gasteiger partial charge in [0.15, 0.2) is 0 Å². The lowest BCUT2D eigenvalue weighted by Crippen LogP contribution is -2.36. The molecule has 0 aliphatic carbocycles. The minimum Gasteiger partial charge on any atom is -0.378 e. The van der Waals surface area contributed by atoms with E-state index in [0.29, 0.717) is 19.8 Å². The third kappa shape index (κ3) is 4.75. The van der Waals surface area contributed by atoms with Crippen molar-refractivity contribution in [3.8, 4) is 0 Å². The number of benzene rings is 1. The summed E-state index contributed by atoms with van der Waals surface area (Å²) >= 11 is 0. The number of amides is 2. The molecule has 0 radical (unpaired) electrons. The van der Waals surface area contributed by atoms with Crippen LogP contribution in [0.1, 0.15) is 13.3 Å². The Morgan fingerprint density at radius 2 is 1.95 bits per heavy atom. The molecule has 1 saturated heterocycles. The zero-order valence-corrected chi connectivity index (χ0v) is 12.2. The summed E-state index contributed by atoms with van der Waals surface area (Å²) in [7, 11) is 0. The van der Waals surface area contributed by atoms with E-state index in [9.17, 15) is 9.59 Å². The maximum atomic E-state index is 11.9. The minimum absolute atomic E-state index is 0.107. The summed E-state index contributed by atoms with van der Waals surface area (Å²) in [5, 5.41) is 5.52. The maximum absolute atomic E-state index is 11.9. The van der Waals surface area contributed by atoms with Gasteiger partial charge in [0.2, 0.25) is 11.8 Å². The number of carbonyl (C=O) groups excluding carboxylic acids is 2. The maximum Gasteiger partial charge on any atom is 0.226 e. The van der Waals surface area contributed by atoms with Crippen LogP contribution in [-0.4, -0.2) is 44.7 Å². The molecule has 1 aliphatic heterocycles. The van der Waals surface area contributed by atoms with Crippen LogP contribution in [0.4, 0.5) is 11.4 Å². The van der Waals surface area contributed by atoms with Crippen LogP contribution in [0.2, 0.25) is 0 Å². The molecule has 114 valence electrons. The normalized spacial score (nSPS) is 14.6. The number of anilines is 2. The van der Waals surface area contributed by atoms with Crippen LogP contribution in [0.25, 0.3) is 0 Å². The molecule has 0 spiro atoms. The largest absolute Gasteiger partial charge is 0.378 e. The molecule has 0 unspecified atom stereocenters. The minimum atomic E-state index is -0.128. The Labute approximate surface area is 124 Å². The van der Waals surface area contributed by atoms with Crippen molar-refractivity contribution in [3.05, 3.63) is 24.3 Å². The van der Waals surface area contributed by atoms with Crippen LogP contribution < -0.4 is 15.5 Å². The van der Waals surface area contributed by atoms with E-state index >= 15 is 0 Å². The van der Waals surface area contributed by atoms with Gasteiger partial charge in [0, 0.05) is 33.0 Å². The molecule has 2 rings (SSSR count). The van der Waals surface area contributed by atoms with Crippen molar-refractivity contribution >= 4 is 23.2 Å². The first-order valence-electron chi connectivity index (χ1n) is 7.13. The molecule has 1 heterocycles. The van der Waals surface area contributed by atoms with E-state index in [1.165, 1.54) is 6.92 Å². The highest BCUT2D eigenvalue weighted by atomic mass is 16.5. The third-order valence-corrected chi connectivity index (χ3v) is 3.26. The van der Waals surface area contributed by atoms with Gasteiger partial charge >= 0.3 is 0 Å². The zero-order chi connectivity index (χ0) is 15.1. The fourth-order valence-electron chi connectivity index (χ4n) is 2.22. The third-order valence-electron chi connectivity index (χ3n) is 3.26. The molecular weight excluding hydrogens is 270 g/mol. The van der Waals surface area contributed by atoms with Gasteiger partial charge in [-0.15, -0.1) is 0 Å². The highest BCUT2D eigenvalue weighted by molar-refractivity contribution is 5.94. The number of ether oxygens (including phenoxy) is 1. The number of rotatable bonds is 5. The number of hydrogen-bond acceptors (Lipinski definition) is 4. The van der Waals surface area contributed by atoms with Gasteiger partial charge < -0.3 is 20.3 Å². The molecule has 0 atom stereocenters. The fraction of sp³-hybridized carbons (Fsp3) is 0.467. The molecule has 0 aromatic heterocycles. The Kier molecular flexibility index (Phi) is 5.57. The first kappa shape index (κ1) is 15.3. The number of para-hydroxylation sites is 2. The highest BCUT2D eigenvalue weighted by Gasteiger charge is 2.15. The molecule has 0 bridgehead atoms. The summed E-state index contributed by atoms with van der Waals surface area (Å²) in [5.41, 5.74) is 1.81. The molecule has 6 heteroatoms. The summed E-state index contributed by atoms with van der Waals surface area (Å²) in [6.45, 7) is 4.82.